The van der Waals surface area contributed by atoms with Gasteiger partial charge in [0.2, 0.25) is 0 Å². The molecule has 1 aliphatic heterocycles. The lowest BCUT2D eigenvalue weighted by Crippen LogP contribution is -2.52. The molecule has 0 radical (unpaired) electrons. The lowest BCUT2D eigenvalue weighted by molar-refractivity contribution is -0.151. The van der Waals surface area contributed by atoms with E-state index < -0.39 is 20.1 Å². The van der Waals surface area contributed by atoms with E-state index >= 15 is 0 Å². The molecule has 1 amide bonds. The molecule has 1 N–H and O–H groups in total. The van der Waals surface area contributed by atoms with Crippen LogP contribution in [0.2, 0.25) is 18.6 Å². The van der Waals surface area contributed by atoms with E-state index in [1.165, 1.54) is 12.1 Å². The van der Waals surface area contributed by atoms with Crippen molar-refractivity contribution < 1.29 is 14.3 Å². The summed E-state index contributed by atoms with van der Waals surface area (Å²) in [6, 6.07) is 10.2. The number of benzene rings is 1. The molecule has 1 saturated heterocycles. The monoisotopic (exact) mass is 291 g/mol. The molecule has 3 atom stereocenters. The van der Waals surface area contributed by atoms with Gasteiger partial charge in [-0.3, -0.25) is 9.59 Å². The molecule has 1 aliphatic rings. The fourth-order valence-corrected chi connectivity index (χ4v) is 6.94. The maximum atomic E-state index is 12.0. The highest BCUT2D eigenvalue weighted by atomic mass is 28.3. The number of carbonyl (C=O) groups excluding carboxylic acids is 2. The highest BCUT2D eigenvalue weighted by Crippen LogP contribution is 2.35. The molecule has 1 aromatic carbocycles. The molecule has 1 heterocycles. The second kappa shape index (κ2) is 5.40. The van der Waals surface area contributed by atoms with Crippen LogP contribution in [0.4, 0.5) is 0 Å². The van der Waals surface area contributed by atoms with Gasteiger partial charge in [0.15, 0.2) is 6.10 Å². The molecular formula is C15H21NO3Si. The number of rotatable bonds is 3. The predicted molar refractivity (Wildman–Crippen MR) is 80.5 cm³/mol. The fourth-order valence-electron chi connectivity index (χ4n) is 3.19. The molecule has 5 heteroatoms. The van der Waals surface area contributed by atoms with Crippen molar-refractivity contribution in [2.45, 2.75) is 44.6 Å². The van der Waals surface area contributed by atoms with Crippen molar-refractivity contribution in [1.82, 2.24) is 5.32 Å². The summed E-state index contributed by atoms with van der Waals surface area (Å²) in [5.41, 5.74) is 0.0429. The molecule has 0 aliphatic carbocycles. The van der Waals surface area contributed by atoms with Crippen LogP contribution in [0, 0.1) is 0 Å². The minimum atomic E-state index is -1.94. The summed E-state index contributed by atoms with van der Waals surface area (Å²) >= 11 is 0. The molecule has 0 bridgehead atoms. The van der Waals surface area contributed by atoms with Crippen LogP contribution >= 0.6 is 0 Å². The zero-order chi connectivity index (χ0) is 14.9. The van der Waals surface area contributed by atoms with E-state index in [4.69, 9.17) is 4.74 Å². The summed E-state index contributed by atoms with van der Waals surface area (Å²) in [6.07, 6.45) is -0.663. The van der Waals surface area contributed by atoms with Gasteiger partial charge in [-0.25, -0.2) is 0 Å². The number of amides is 1. The van der Waals surface area contributed by atoms with Gasteiger partial charge in [-0.05, 0) is 6.92 Å². The largest absolute Gasteiger partial charge is 0.452 e. The van der Waals surface area contributed by atoms with Crippen LogP contribution < -0.4 is 10.5 Å². The Balaban J connectivity index is 2.37. The van der Waals surface area contributed by atoms with Crippen LogP contribution in [-0.2, 0) is 14.3 Å². The third kappa shape index (κ3) is 2.63. The first-order chi connectivity index (χ1) is 9.34. The Morgan fingerprint density at radius 3 is 2.40 bits per heavy atom. The van der Waals surface area contributed by atoms with Gasteiger partial charge in [0, 0.05) is 18.5 Å². The van der Waals surface area contributed by atoms with E-state index in [-0.39, 0.29) is 17.5 Å². The van der Waals surface area contributed by atoms with Crippen LogP contribution in [0.15, 0.2) is 30.3 Å². The van der Waals surface area contributed by atoms with Gasteiger partial charge in [-0.1, -0.05) is 48.6 Å². The van der Waals surface area contributed by atoms with E-state index in [9.17, 15) is 9.59 Å². The van der Waals surface area contributed by atoms with Crippen LogP contribution in [-0.4, -0.2) is 32.1 Å². The van der Waals surface area contributed by atoms with Gasteiger partial charge in [-0.15, -0.1) is 0 Å². The van der Waals surface area contributed by atoms with E-state index in [0.29, 0.717) is 0 Å². The number of nitrogens with one attached hydrogen (secondary N) is 1. The minimum absolute atomic E-state index is 0.0220. The molecule has 1 aromatic rings. The minimum Gasteiger partial charge on any atom is -0.452 e. The third-order valence-corrected chi connectivity index (χ3v) is 8.43. The standard InChI is InChI=1S/C15H21NO3Si/c1-10-14(13(15(18)16-10)19-11(2)17)20(3,4)12-8-6-5-7-9-12/h5-10,13-14H,1-4H3,(H,16,18)/t10-,13+,14-/m0/s1. The Morgan fingerprint density at radius 1 is 1.25 bits per heavy atom. The molecule has 1 fully saturated rings. The number of carbonyl (C=O) groups is 2. The first-order valence-electron chi connectivity index (χ1n) is 6.87. The Kier molecular flexibility index (Phi) is 3.99. The van der Waals surface area contributed by atoms with Crippen molar-refractivity contribution in [1.29, 1.82) is 0 Å². The normalized spacial score (nSPS) is 26.2. The van der Waals surface area contributed by atoms with Gasteiger partial charge in [0.25, 0.3) is 5.91 Å². The summed E-state index contributed by atoms with van der Waals surface area (Å²) in [4.78, 5) is 23.3. The van der Waals surface area contributed by atoms with Gasteiger partial charge in [0.1, 0.15) is 0 Å². The number of esters is 1. The quantitative estimate of drug-likeness (QED) is 0.677. The van der Waals surface area contributed by atoms with Crippen molar-refractivity contribution in [3.05, 3.63) is 30.3 Å². The third-order valence-electron chi connectivity index (χ3n) is 4.14. The van der Waals surface area contributed by atoms with Crippen LogP contribution in [0.25, 0.3) is 0 Å². The maximum Gasteiger partial charge on any atom is 0.303 e. The maximum absolute atomic E-state index is 12.0. The summed E-state index contributed by atoms with van der Waals surface area (Å²) in [5, 5.41) is 4.19. The number of hydrogen-bond donors (Lipinski definition) is 1. The van der Waals surface area contributed by atoms with Gasteiger partial charge < -0.3 is 10.1 Å². The van der Waals surface area contributed by atoms with Gasteiger partial charge in [-0.2, -0.15) is 0 Å². The molecular weight excluding hydrogens is 270 g/mol. The molecule has 0 unspecified atom stereocenters. The molecule has 0 saturated carbocycles. The first kappa shape index (κ1) is 14.8. The smallest absolute Gasteiger partial charge is 0.303 e. The van der Waals surface area contributed by atoms with Crippen LogP contribution in [0.5, 0.6) is 0 Å². The lowest BCUT2D eigenvalue weighted by atomic mass is 10.2. The number of ether oxygens (including phenoxy) is 1. The SMILES string of the molecule is CC(=O)O[C@H]1C(=O)N[C@@H](C)[C@@H]1[Si](C)(C)c1ccccc1. The van der Waals surface area contributed by atoms with Crippen molar-refractivity contribution in [3.8, 4) is 0 Å². The average Bonchev–Trinajstić information content (AvgIpc) is 2.65. The second-order valence-electron chi connectivity index (χ2n) is 5.94. The Bertz CT molecular complexity index is 515. The van der Waals surface area contributed by atoms with Gasteiger partial charge >= 0.3 is 5.97 Å². The Labute approximate surface area is 120 Å². The zero-order valence-electron chi connectivity index (χ0n) is 12.3. The van der Waals surface area contributed by atoms with Crippen LogP contribution in [0.1, 0.15) is 13.8 Å². The summed E-state index contributed by atoms with van der Waals surface area (Å²) < 4.78 is 5.30. The van der Waals surface area contributed by atoms with Crippen molar-refractivity contribution in [2.75, 3.05) is 0 Å². The summed E-state index contributed by atoms with van der Waals surface area (Å²) in [6.45, 7) is 7.79. The first-order valence-corrected chi connectivity index (χ1v) is 9.95. The topological polar surface area (TPSA) is 55.4 Å². The van der Waals surface area contributed by atoms with Crippen LogP contribution in [0.3, 0.4) is 0 Å². The van der Waals surface area contributed by atoms with Gasteiger partial charge in [0.05, 0.1) is 8.07 Å². The van der Waals surface area contributed by atoms with E-state index in [0.717, 1.165) is 0 Å². The molecule has 0 spiro atoms. The molecule has 0 aromatic heterocycles. The molecule has 4 nitrogen and oxygen atoms in total. The lowest BCUT2D eigenvalue weighted by Gasteiger charge is -2.34. The summed E-state index contributed by atoms with van der Waals surface area (Å²) in [7, 11) is -1.94. The predicted octanol–water partition coefficient (Wildman–Crippen LogP) is 1.42. The van der Waals surface area contributed by atoms with E-state index in [1.807, 2.05) is 25.1 Å². The second-order valence-corrected chi connectivity index (χ2v) is 10.6. The zero-order valence-corrected chi connectivity index (χ0v) is 13.3. The van der Waals surface area contributed by atoms with Crippen molar-refractivity contribution in [2.24, 2.45) is 0 Å². The highest BCUT2D eigenvalue weighted by molar-refractivity contribution is 6.91. The average molecular weight is 291 g/mol. The number of hydrogen-bond acceptors (Lipinski definition) is 3. The molecule has 20 heavy (non-hydrogen) atoms. The Hall–Kier alpha value is -1.62. The molecule has 2 rings (SSSR count). The highest BCUT2D eigenvalue weighted by Gasteiger charge is 2.51. The Morgan fingerprint density at radius 2 is 1.85 bits per heavy atom. The fraction of sp³-hybridized carbons (Fsp3) is 0.467. The van der Waals surface area contributed by atoms with E-state index in [2.05, 4.69) is 30.5 Å². The van der Waals surface area contributed by atoms with E-state index in [1.54, 1.807) is 0 Å². The van der Waals surface area contributed by atoms with Crippen molar-refractivity contribution in [3.63, 3.8) is 0 Å². The van der Waals surface area contributed by atoms with Crippen molar-refractivity contribution >= 4 is 25.1 Å². The molecule has 108 valence electrons. The summed E-state index contributed by atoms with van der Waals surface area (Å²) in [5.74, 6) is -0.573.